The summed E-state index contributed by atoms with van der Waals surface area (Å²) in [5.74, 6) is 0.813. The van der Waals surface area contributed by atoms with Crippen molar-refractivity contribution in [3.63, 3.8) is 0 Å². The molecule has 0 radical (unpaired) electrons. The van der Waals surface area contributed by atoms with Gasteiger partial charge in [0.1, 0.15) is 5.75 Å². The van der Waals surface area contributed by atoms with Gasteiger partial charge in [0.05, 0.1) is 6.61 Å². The predicted octanol–water partition coefficient (Wildman–Crippen LogP) is 1.08. The molecule has 1 aromatic carbocycles. The Kier molecular flexibility index (Phi) is 6.60. The van der Waals surface area contributed by atoms with Crippen molar-refractivity contribution in [3.05, 3.63) is 29.8 Å². The van der Waals surface area contributed by atoms with E-state index in [1.807, 2.05) is 50.2 Å². The number of nitrogens with zero attached hydrogens (tertiary/aromatic N) is 2. The summed E-state index contributed by atoms with van der Waals surface area (Å²) < 4.78 is 32.8. The van der Waals surface area contributed by atoms with Crippen LogP contribution in [0.1, 0.15) is 18.5 Å². The average Bonchev–Trinajstić information content (AvgIpc) is 2.40. The molecule has 21 heavy (non-hydrogen) atoms. The Labute approximate surface area is 127 Å². The fraction of sp³-hybridized carbons (Fsp3) is 0.571. The van der Waals surface area contributed by atoms with Crippen LogP contribution in [0, 0.1) is 0 Å². The number of hydrogen-bond donors (Lipinski definition) is 1. The maximum atomic E-state index is 11.8. The van der Waals surface area contributed by atoms with Gasteiger partial charge in [-0.2, -0.15) is 12.7 Å². The third-order valence-corrected chi connectivity index (χ3v) is 4.63. The summed E-state index contributed by atoms with van der Waals surface area (Å²) in [5, 5.41) is 0. The standard InChI is InChI=1S/C14H25N3O3S/c1-6-20-13-9-7-12(8-10-13)14(16(2)3)11-15-21(18,19)17(4)5/h7-10,14-15H,6,11H2,1-5H3. The van der Waals surface area contributed by atoms with Gasteiger partial charge in [-0.15, -0.1) is 0 Å². The van der Waals surface area contributed by atoms with Gasteiger partial charge in [-0.1, -0.05) is 12.1 Å². The van der Waals surface area contributed by atoms with Gasteiger partial charge in [0.2, 0.25) is 0 Å². The number of likely N-dealkylation sites (N-methyl/N-ethyl adjacent to an activating group) is 1. The molecule has 0 aromatic heterocycles. The molecule has 0 aliphatic carbocycles. The van der Waals surface area contributed by atoms with E-state index < -0.39 is 10.2 Å². The van der Waals surface area contributed by atoms with E-state index in [2.05, 4.69) is 4.72 Å². The summed E-state index contributed by atoms with van der Waals surface area (Å²) in [4.78, 5) is 1.98. The Morgan fingerprint density at radius 1 is 1.14 bits per heavy atom. The van der Waals surface area contributed by atoms with Crippen molar-refractivity contribution in [3.8, 4) is 5.75 Å². The minimum absolute atomic E-state index is 0.0459. The molecule has 7 heteroatoms. The summed E-state index contributed by atoms with van der Waals surface area (Å²) in [5.41, 5.74) is 1.03. The molecule has 0 aliphatic rings. The Balaban J connectivity index is 2.82. The molecular formula is C14H25N3O3S. The normalized spacial score (nSPS) is 13.7. The van der Waals surface area contributed by atoms with Crippen LogP contribution in [-0.2, 0) is 10.2 Å². The van der Waals surface area contributed by atoms with Crippen molar-refractivity contribution < 1.29 is 13.2 Å². The molecule has 0 heterocycles. The second-order valence-corrected chi connectivity index (χ2v) is 7.09. The molecule has 120 valence electrons. The first-order valence-electron chi connectivity index (χ1n) is 6.84. The zero-order valence-electron chi connectivity index (χ0n) is 13.3. The van der Waals surface area contributed by atoms with E-state index in [1.54, 1.807) is 0 Å². The number of rotatable bonds is 8. The molecule has 0 fully saturated rings. The van der Waals surface area contributed by atoms with Crippen LogP contribution in [0.3, 0.4) is 0 Å². The summed E-state index contributed by atoms with van der Waals surface area (Å²) in [6.45, 7) is 2.87. The first-order valence-corrected chi connectivity index (χ1v) is 8.28. The first-order chi connectivity index (χ1) is 9.77. The minimum atomic E-state index is -3.42. The van der Waals surface area contributed by atoms with Gasteiger partial charge in [0.25, 0.3) is 10.2 Å². The number of hydrogen-bond acceptors (Lipinski definition) is 4. The van der Waals surface area contributed by atoms with Gasteiger partial charge in [-0.25, -0.2) is 4.72 Å². The van der Waals surface area contributed by atoms with Crippen molar-refractivity contribution in [2.75, 3.05) is 41.3 Å². The molecule has 0 spiro atoms. The molecule has 6 nitrogen and oxygen atoms in total. The van der Waals surface area contributed by atoms with Crippen LogP contribution >= 0.6 is 0 Å². The molecule has 1 unspecified atom stereocenters. The SMILES string of the molecule is CCOc1ccc(C(CNS(=O)(=O)N(C)C)N(C)C)cc1. The maximum absolute atomic E-state index is 11.8. The zero-order valence-corrected chi connectivity index (χ0v) is 14.1. The quantitative estimate of drug-likeness (QED) is 0.780. The fourth-order valence-electron chi connectivity index (χ4n) is 1.86. The Bertz CT molecular complexity index is 527. The van der Waals surface area contributed by atoms with E-state index in [0.29, 0.717) is 13.2 Å². The minimum Gasteiger partial charge on any atom is -0.494 e. The summed E-state index contributed by atoms with van der Waals surface area (Å²) >= 11 is 0. The Morgan fingerprint density at radius 3 is 2.14 bits per heavy atom. The van der Waals surface area contributed by atoms with Crippen molar-refractivity contribution in [2.24, 2.45) is 0 Å². The lowest BCUT2D eigenvalue weighted by Gasteiger charge is -2.26. The second-order valence-electron chi connectivity index (χ2n) is 5.12. The van der Waals surface area contributed by atoms with E-state index in [-0.39, 0.29) is 6.04 Å². The lowest BCUT2D eigenvalue weighted by atomic mass is 10.1. The van der Waals surface area contributed by atoms with Crippen molar-refractivity contribution in [1.29, 1.82) is 0 Å². The van der Waals surface area contributed by atoms with Gasteiger partial charge in [0.15, 0.2) is 0 Å². The molecule has 0 saturated heterocycles. The largest absolute Gasteiger partial charge is 0.494 e. The zero-order chi connectivity index (χ0) is 16.0. The highest BCUT2D eigenvalue weighted by Crippen LogP contribution is 2.21. The summed E-state index contributed by atoms with van der Waals surface area (Å²) in [6, 6.07) is 7.67. The number of nitrogens with one attached hydrogen (secondary N) is 1. The maximum Gasteiger partial charge on any atom is 0.278 e. The molecule has 1 atom stereocenters. The van der Waals surface area contributed by atoms with E-state index in [9.17, 15) is 8.42 Å². The van der Waals surface area contributed by atoms with Crippen LogP contribution < -0.4 is 9.46 Å². The molecule has 0 aliphatic heterocycles. The predicted molar refractivity (Wildman–Crippen MR) is 84.6 cm³/mol. The van der Waals surface area contributed by atoms with E-state index >= 15 is 0 Å². The van der Waals surface area contributed by atoms with Crippen LogP contribution in [0.4, 0.5) is 0 Å². The molecule has 0 amide bonds. The Hall–Kier alpha value is -1.15. The first kappa shape index (κ1) is 17.9. The lowest BCUT2D eigenvalue weighted by molar-refractivity contribution is 0.297. The monoisotopic (exact) mass is 315 g/mol. The van der Waals surface area contributed by atoms with Gasteiger partial charge >= 0.3 is 0 Å². The fourth-order valence-corrected chi connectivity index (χ4v) is 2.49. The smallest absolute Gasteiger partial charge is 0.278 e. The summed E-state index contributed by atoms with van der Waals surface area (Å²) in [7, 11) is 3.43. The van der Waals surface area contributed by atoms with Crippen LogP contribution in [0.5, 0.6) is 5.75 Å². The van der Waals surface area contributed by atoms with E-state index in [1.165, 1.54) is 14.1 Å². The molecule has 1 N–H and O–H groups in total. The molecule has 1 rings (SSSR count). The molecule has 0 bridgehead atoms. The van der Waals surface area contributed by atoms with Crippen LogP contribution in [-0.4, -0.2) is 59.0 Å². The topological polar surface area (TPSA) is 61.9 Å². The number of ether oxygens (including phenoxy) is 1. The third kappa shape index (κ3) is 5.28. The van der Waals surface area contributed by atoms with Crippen LogP contribution in [0.15, 0.2) is 24.3 Å². The van der Waals surface area contributed by atoms with Crippen LogP contribution in [0.25, 0.3) is 0 Å². The highest BCUT2D eigenvalue weighted by Gasteiger charge is 2.19. The highest BCUT2D eigenvalue weighted by atomic mass is 32.2. The molecule has 0 saturated carbocycles. The summed E-state index contributed by atoms with van der Waals surface area (Å²) in [6.07, 6.45) is 0. The van der Waals surface area contributed by atoms with Crippen LogP contribution in [0.2, 0.25) is 0 Å². The highest BCUT2D eigenvalue weighted by molar-refractivity contribution is 7.87. The Morgan fingerprint density at radius 2 is 1.71 bits per heavy atom. The van der Waals surface area contributed by atoms with Gasteiger partial charge in [-0.3, -0.25) is 0 Å². The van der Waals surface area contributed by atoms with Gasteiger partial charge in [-0.05, 0) is 38.7 Å². The lowest BCUT2D eigenvalue weighted by Crippen LogP contribution is -2.40. The second kappa shape index (κ2) is 7.74. The number of benzene rings is 1. The van der Waals surface area contributed by atoms with E-state index in [0.717, 1.165) is 15.6 Å². The van der Waals surface area contributed by atoms with Gasteiger partial charge in [0, 0.05) is 26.7 Å². The molecular weight excluding hydrogens is 290 g/mol. The molecule has 1 aromatic rings. The van der Waals surface area contributed by atoms with Crippen molar-refractivity contribution in [1.82, 2.24) is 13.9 Å². The van der Waals surface area contributed by atoms with E-state index in [4.69, 9.17) is 4.74 Å². The average molecular weight is 315 g/mol. The van der Waals surface area contributed by atoms with Gasteiger partial charge < -0.3 is 9.64 Å². The third-order valence-electron chi connectivity index (χ3n) is 3.14. The van der Waals surface area contributed by atoms with Crippen molar-refractivity contribution >= 4 is 10.2 Å². The van der Waals surface area contributed by atoms with Crippen molar-refractivity contribution in [2.45, 2.75) is 13.0 Å².